The van der Waals surface area contributed by atoms with Crippen LogP contribution in [-0.4, -0.2) is 37.7 Å². The molecule has 5 nitrogen and oxygen atoms in total. The predicted octanol–water partition coefficient (Wildman–Crippen LogP) is 5.85. The number of carbonyl (C=O) groups is 2. The molecule has 1 aliphatic heterocycles. The van der Waals surface area contributed by atoms with Gasteiger partial charge in [-0.3, -0.25) is 0 Å². The molecule has 7 heteroatoms. The molecule has 2 atom stereocenters. The second-order valence-corrected chi connectivity index (χ2v) is 9.98. The molecule has 0 fully saturated rings. The first-order valence-electron chi connectivity index (χ1n) is 11.2. The minimum atomic E-state index is -0.584. The zero-order valence-corrected chi connectivity index (χ0v) is 21.8. The normalized spacial score (nSPS) is 16.7. The molecule has 2 aromatic carbocycles. The van der Waals surface area contributed by atoms with E-state index in [9.17, 15) is 9.59 Å². The second kappa shape index (κ2) is 12.2. The van der Waals surface area contributed by atoms with Gasteiger partial charge in [0.1, 0.15) is 0 Å². The van der Waals surface area contributed by atoms with Crippen LogP contribution in [0.1, 0.15) is 43.1 Å². The van der Waals surface area contributed by atoms with Crippen molar-refractivity contribution in [2.75, 3.05) is 25.7 Å². The molecule has 0 bridgehead atoms. The van der Waals surface area contributed by atoms with E-state index in [-0.39, 0.29) is 11.9 Å². The summed E-state index contributed by atoms with van der Waals surface area (Å²) in [7, 11) is 1.36. The maximum atomic E-state index is 13.4. The van der Waals surface area contributed by atoms with Gasteiger partial charge >= 0.3 is 11.9 Å². The summed E-state index contributed by atoms with van der Waals surface area (Å²) in [5.74, 6) is -0.905. The lowest BCUT2D eigenvalue weighted by Crippen LogP contribution is -2.34. The van der Waals surface area contributed by atoms with Crippen LogP contribution in [-0.2, 0) is 19.1 Å². The van der Waals surface area contributed by atoms with Crippen LogP contribution in [0.2, 0.25) is 0 Å². The molecule has 180 valence electrons. The van der Waals surface area contributed by atoms with Crippen molar-refractivity contribution < 1.29 is 19.1 Å². The molecule has 34 heavy (non-hydrogen) atoms. The van der Waals surface area contributed by atoms with Crippen LogP contribution in [0.15, 0.2) is 82.0 Å². The molecule has 0 radical (unpaired) electrons. The topological polar surface area (TPSA) is 64.6 Å². The van der Waals surface area contributed by atoms with Crippen molar-refractivity contribution in [2.24, 2.45) is 0 Å². The van der Waals surface area contributed by atoms with Crippen LogP contribution in [0, 0.1) is 0 Å². The quantitative estimate of drug-likeness (QED) is 0.344. The number of rotatable bonds is 9. The van der Waals surface area contributed by atoms with Crippen molar-refractivity contribution >= 4 is 35.5 Å². The van der Waals surface area contributed by atoms with Crippen molar-refractivity contribution in [2.45, 2.75) is 36.8 Å². The van der Waals surface area contributed by atoms with Gasteiger partial charge in [-0.05, 0) is 44.2 Å². The van der Waals surface area contributed by atoms with E-state index < -0.39 is 17.9 Å². The number of ether oxygens (including phenoxy) is 2. The van der Waals surface area contributed by atoms with Crippen LogP contribution in [0.25, 0.3) is 0 Å². The molecule has 2 aromatic rings. The second-order valence-electron chi connectivity index (χ2n) is 7.81. The number of dihydropyridines is 1. The number of hydrogen-bond donors (Lipinski definition) is 1. The number of methoxy groups -OCH3 is 1. The Bertz CT molecular complexity index is 1090. The Hall–Kier alpha value is -2.64. The average molecular weight is 498 g/mol. The van der Waals surface area contributed by atoms with E-state index in [1.165, 1.54) is 12.7 Å². The smallest absolute Gasteiger partial charge is 0.336 e. The molecule has 1 heterocycles. The van der Waals surface area contributed by atoms with E-state index >= 15 is 0 Å². The number of thioether (sulfide) groups is 2. The Balaban J connectivity index is 2.11. The summed E-state index contributed by atoms with van der Waals surface area (Å²) in [4.78, 5) is 27.3. The Morgan fingerprint density at radius 3 is 2.35 bits per heavy atom. The fraction of sp³-hybridized carbons (Fsp3) is 0.333. The Labute approximate surface area is 210 Å². The first kappa shape index (κ1) is 26.0. The molecule has 0 saturated carbocycles. The third-order valence-corrected chi connectivity index (χ3v) is 7.78. The maximum Gasteiger partial charge on any atom is 0.336 e. The highest BCUT2D eigenvalue weighted by molar-refractivity contribution is 7.99. The molecule has 0 aromatic heterocycles. The molecule has 0 aliphatic carbocycles. The van der Waals surface area contributed by atoms with Crippen LogP contribution in [0.4, 0.5) is 0 Å². The summed E-state index contributed by atoms with van der Waals surface area (Å²) in [5.41, 5.74) is 4.44. The van der Waals surface area contributed by atoms with Crippen LogP contribution < -0.4 is 5.32 Å². The van der Waals surface area contributed by atoms with E-state index in [1.54, 1.807) is 30.4 Å². The van der Waals surface area contributed by atoms with Crippen LogP contribution in [0.5, 0.6) is 0 Å². The predicted molar refractivity (Wildman–Crippen MR) is 140 cm³/mol. The molecule has 0 saturated heterocycles. The van der Waals surface area contributed by atoms with E-state index in [2.05, 4.69) is 24.4 Å². The zero-order valence-electron chi connectivity index (χ0n) is 20.2. The van der Waals surface area contributed by atoms with Crippen molar-refractivity contribution in [1.29, 1.82) is 0 Å². The maximum absolute atomic E-state index is 13.4. The van der Waals surface area contributed by atoms with E-state index in [0.29, 0.717) is 22.6 Å². The van der Waals surface area contributed by atoms with Crippen LogP contribution >= 0.6 is 23.5 Å². The van der Waals surface area contributed by atoms with E-state index in [0.717, 1.165) is 16.2 Å². The Morgan fingerprint density at radius 1 is 1.03 bits per heavy atom. The fourth-order valence-electron chi connectivity index (χ4n) is 4.09. The Morgan fingerprint density at radius 2 is 1.71 bits per heavy atom. The first-order chi connectivity index (χ1) is 16.4. The molecule has 2 unspecified atom stereocenters. The number of esters is 2. The van der Waals surface area contributed by atoms with Gasteiger partial charge in [0.05, 0.1) is 30.8 Å². The lowest BCUT2D eigenvalue weighted by molar-refractivity contribution is -0.139. The third-order valence-electron chi connectivity index (χ3n) is 5.74. The van der Waals surface area contributed by atoms with Crippen molar-refractivity contribution in [1.82, 2.24) is 5.32 Å². The summed E-state index contributed by atoms with van der Waals surface area (Å²) >= 11 is 3.31. The molecular weight excluding hydrogens is 466 g/mol. The molecule has 3 rings (SSSR count). The van der Waals surface area contributed by atoms with Gasteiger partial charge in [0, 0.05) is 27.3 Å². The highest BCUT2D eigenvalue weighted by Gasteiger charge is 2.39. The lowest BCUT2D eigenvalue weighted by Gasteiger charge is -2.32. The standard InChI is InChI=1S/C27H31NO4S2/c1-6-32-27(30)25-21(16-34-18(3)19-12-8-7-9-13-19)28-17(2)23(26(29)31-4)24(25)20-14-10-11-15-22(20)33-5/h7-15,18,24,28H,6,16H2,1-5H3. The third kappa shape index (κ3) is 5.70. The van der Waals surface area contributed by atoms with Crippen molar-refractivity contribution in [3.05, 3.63) is 88.3 Å². The van der Waals surface area contributed by atoms with Gasteiger partial charge in [-0.25, -0.2) is 9.59 Å². The molecule has 0 spiro atoms. The van der Waals surface area contributed by atoms with Gasteiger partial charge in [-0.1, -0.05) is 48.5 Å². The first-order valence-corrected chi connectivity index (χ1v) is 13.5. The van der Waals surface area contributed by atoms with Gasteiger partial charge in [0.25, 0.3) is 0 Å². The molecule has 1 N–H and O–H groups in total. The van der Waals surface area contributed by atoms with Gasteiger partial charge in [-0.2, -0.15) is 0 Å². The van der Waals surface area contributed by atoms with Crippen molar-refractivity contribution in [3.63, 3.8) is 0 Å². The highest BCUT2D eigenvalue weighted by Crippen LogP contribution is 2.43. The monoisotopic (exact) mass is 497 g/mol. The number of nitrogens with one attached hydrogen (secondary N) is 1. The summed E-state index contributed by atoms with van der Waals surface area (Å²) in [5, 5.41) is 3.57. The summed E-state index contributed by atoms with van der Waals surface area (Å²) in [6, 6.07) is 18.1. The molecule has 0 amide bonds. The van der Waals surface area contributed by atoms with E-state index in [4.69, 9.17) is 9.47 Å². The lowest BCUT2D eigenvalue weighted by atomic mass is 9.80. The fourth-order valence-corrected chi connectivity index (χ4v) is 5.72. The average Bonchev–Trinajstić information content (AvgIpc) is 2.86. The zero-order chi connectivity index (χ0) is 24.7. The van der Waals surface area contributed by atoms with Gasteiger partial charge < -0.3 is 14.8 Å². The summed E-state index contributed by atoms with van der Waals surface area (Å²) < 4.78 is 10.6. The van der Waals surface area contributed by atoms with Crippen molar-refractivity contribution in [3.8, 4) is 0 Å². The highest BCUT2D eigenvalue weighted by atomic mass is 32.2. The molecular formula is C27H31NO4S2. The van der Waals surface area contributed by atoms with Gasteiger partial charge in [0.15, 0.2) is 0 Å². The summed E-state index contributed by atoms with van der Waals surface area (Å²) in [6.45, 7) is 6.04. The SMILES string of the molecule is CCOC(=O)C1=C(CSC(C)c2ccccc2)NC(C)=C(C(=O)OC)C1c1ccccc1SC. The van der Waals surface area contributed by atoms with Gasteiger partial charge in [-0.15, -0.1) is 23.5 Å². The minimum Gasteiger partial charge on any atom is -0.466 e. The Kier molecular flexibility index (Phi) is 9.30. The number of carbonyl (C=O) groups excluding carboxylic acids is 2. The largest absolute Gasteiger partial charge is 0.466 e. The number of allylic oxidation sites excluding steroid dienone is 1. The van der Waals surface area contributed by atoms with E-state index in [1.807, 2.05) is 55.6 Å². The number of hydrogen-bond acceptors (Lipinski definition) is 7. The van der Waals surface area contributed by atoms with Gasteiger partial charge in [0.2, 0.25) is 0 Å². The number of benzene rings is 2. The van der Waals surface area contributed by atoms with Crippen LogP contribution in [0.3, 0.4) is 0 Å². The molecule has 1 aliphatic rings. The minimum absolute atomic E-state index is 0.224. The summed E-state index contributed by atoms with van der Waals surface area (Å²) in [6.07, 6.45) is 1.99.